The Balaban J connectivity index is 2.01. The van der Waals surface area contributed by atoms with E-state index in [1.54, 1.807) is 12.5 Å². The third-order valence-corrected chi connectivity index (χ3v) is 3.24. The molecule has 90 valence electrons. The number of carbonyl (C=O) groups excluding carboxylic acids is 1. The first-order chi connectivity index (χ1) is 8.75. The molecule has 0 radical (unpaired) electrons. The predicted octanol–water partition coefficient (Wildman–Crippen LogP) is 2.33. The van der Waals surface area contributed by atoms with E-state index in [0.717, 1.165) is 35.4 Å². The highest BCUT2D eigenvalue weighted by Crippen LogP contribution is 2.25. The third kappa shape index (κ3) is 1.76. The zero-order chi connectivity index (χ0) is 12.5. The lowest BCUT2D eigenvalue weighted by Crippen LogP contribution is -2.15. The van der Waals surface area contributed by atoms with Gasteiger partial charge in [-0.1, -0.05) is 6.07 Å². The number of aryl methyl sites for hydroxylation is 2. The van der Waals surface area contributed by atoms with Crippen molar-refractivity contribution in [1.29, 1.82) is 0 Å². The van der Waals surface area contributed by atoms with Gasteiger partial charge in [0.15, 0.2) is 0 Å². The summed E-state index contributed by atoms with van der Waals surface area (Å²) in [5, 5.41) is 0. The Morgan fingerprint density at radius 3 is 3.00 bits per heavy atom. The van der Waals surface area contributed by atoms with Gasteiger partial charge in [-0.25, -0.2) is 4.98 Å². The summed E-state index contributed by atoms with van der Waals surface area (Å²) in [5.74, 6) is 0.0271. The van der Waals surface area contributed by atoms with Crippen LogP contribution in [-0.4, -0.2) is 20.7 Å². The smallest absolute Gasteiger partial charge is 0.207 e. The molecule has 0 spiro atoms. The molecule has 18 heavy (non-hydrogen) atoms. The first-order valence-electron chi connectivity index (χ1n) is 5.95. The quantitative estimate of drug-likeness (QED) is 0.777. The average Bonchev–Trinajstić information content (AvgIpc) is 2.79. The second kappa shape index (κ2) is 4.22. The van der Waals surface area contributed by atoms with E-state index in [-0.39, 0.29) is 5.78 Å². The van der Waals surface area contributed by atoms with Crippen LogP contribution in [0.1, 0.15) is 33.9 Å². The minimum absolute atomic E-state index is 0.0271. The lowest BCUT2D eigenvalue weighted by Gasteiger charge is -2.15. The Labute approximate surface area is 105 Å². The molecule has 4 heteroatoms. The summed E-state index contributed by atoms with van der Waals surface area (Å²) < 4.78 is 0. The van der Waals surface area contributed by atoms with Crippen molar-refractivity contribution in [3.05, 3.63) is 52.9 Å². The van der Waals surface area contributed by atoms with E-state index >= 15 is 0 Å². The molecular formula is C14H13N3O. The molecule has 0 atom stereocenters. The van der Waals surface area contributed by atoms with Crippen LogP contribution < -0.4 is 0 Å². The number of fused-ring (bicyclic) bond motifs is 1. The Morgan fingerprint density at radius 2 is 2.22 bits per heavy atom. The van der Waals surface area contributed by atoms with E-state index < -0.39 is 0 Å². The highest BCUT2D eigenvalue weighted by atomic mass is 16.1. The molecule has 4 nitrogen and oxygen atoms in total. The monoisotopic (exact) mass is 239 g/mol. The zero-order valence-corrected chi connectivity index (χ0v) is 10.1. The van der Waals surface area contributed by atoms with Gasteiger partial charge in [0.2, 0.25) is 5.78 Å². The summed E-state index contributed by atoms with van der Waals surface area (Å²) in [6.45, 7) is 1.94. The predicted molar refractivity (Wildman–Crippen MR) is 68.2 cm³/mol. The number of aromatic amines is 1. The van der Waals surface area contributed by atoms with Crippen molar-refractivity contribution in [3.8, 4) is 0 Å². The molecule has 0 aromatic carbocycles. The number of H-pyrrole nitrogens is 1. The number of carbonyl (C=O) groups is 1. The van der Waals surface area contributed by atoms with Gasteiger partial charge < -0.3 is 4.98 Å². The van der Waals surface area contributed by atoms with Gasteiger partial charge in [-0.05, 0) is 37.5 Å². The van der Waals surface area contributed by atoms with E-state index in [2.05, 4.69) is 15.0 Å². The first-order valence-corrected chi connectivity index (χ1v) is 5.95. The Kier molecular flexibility index (Phi) is 2.55. The molecule has 0 saturated heterocycles. The number of hydrogen-bond donors (Lipinski definition) is 1. The largest absolute Gasteiger partial charge is 0.348 e. The summed E-state index contributed by atoms with van der Waals surface area (Å²) in [4.78, 5) is 23.7. The lowest BCUT2D eigenvalue weighted by molar-refractivity contribution is 0.102. The van der Waals surface area contributed by atoms with Crippen LogP contribution in [0.25, 0.3) is 6.08 Å². The topological polar surface area (TPSA) is 58.6 Å². The number of aromatic nitrogens is 3. The second-order valence-corrected chi connectivity index (χ2v) is 4.42. The van der Waals surface area contributed by atoms with Crippen molar-refractivity contribution in [1.82, 2.24) is 15.0 Å². The van der Waals surface area contributed by atoms with Crippen LogP contribution in [0.15, 0.2) is 30.2 Å². The molecular weight excluding hydrogens is 226 g/mol. The normalized spacial score (nSPS) is 16.9. The molecule has 1 aliphatic carbocycles. The number of imidazole rings is 1. The van der Waals surface area contributed by atoms with Crippen LogP contribution in [0.3, 0.4) is 0 Å². The lowest BCUT2D eigenvalue weighted by atomic mass is 9.90. The number of pyridine rings is 1. The van der Waals surface area contributed by atoms with E-state index in [0.29, 0.717) is 5.69 Å². The van der Waals surface area contributed by atoms with Crippen molar-refractivity contribution in [2.75, 3.05) is 0 Å². The summed E-state index contributed by atoms with van der Waals surface area (Å²) in [5.41, 5.74) is 4.22. The standard InChI is InChI=1S/C14H13N3O/c1-9-12(17-8-16-9)7-11-5-4-10-3-2-6-15-13(10)14(11)18/h2-3,6-8H,4-5H2,1H3,(H,16,17)/b11-7+. The van der Waals surface area contributed by atoms with Crippen molar-refractivity contribution in [2.45, 2.75) is 19.8 Å². The molecule has 3 rings (SSSR count). The summed E-state index contributed by atoms with van der Waals surface area (Å²) in [6.07, 6.45) is 6.79. The molecule has 0 saturated carbocycles. The van der Waals surface area contributed by atoms with Crippen LogP contribution >= 0.6 is 0 Å². The van der Waals surface area contributed by atoms with Crippen LogP contribution in [-0.2, 0) is 6.42 Å². The second-order valence-electron chi connectivity index (χ2n) is 4.42. The maximum absolute atomic E-state index is 12.3. The Morgan fingerprint density at radius 1 is 1.33 bits per heavy atom. The van der Waals surface area contributed by atoms with Gasteiger partial charge in [-0.2, -0.15) is 0 Å². The fourth-order valence-corrected chi connectivity index (χ4v) is 2.20. The fourth-order valence-electron chi connectivity index (χ4n) is 2.20. The fraction of sp³-hybridized carbons (Fsp3) is 0.214. The van der Waals surface area contributed by atoms with Gasteiger partial charge in [-0.3, -0.25) is 9.78 Å². The average molecular weight is 239 g/mol. The van der Waals surface area contributed by atoms with E-state index in [1.807, 2.05) is 25.1 Å². The molecule has 1 aliphatic rings. The molecule has 0 unspecified atom stereocenters. The van der Waals surface area contributed by atoms with Crippen molar-refractivity contribution < 1.29 is 4.79 Å². The first kappa shape index (κ1) is 10.9. The minimum atomic E-state index is 0.0271. The number of nitrogens with one attached hydrogen (secondary N) is 1. The van der Waals surface area contributed by atoms with Gasteiger partial charge in [-0.15, -0.1) is 0 Å². The number of hydrogen-bond acceptors (Lipinski definition) is 3. The molecule has 1 N–H and O–H groups in total. The van der Waals surface area contributed by atoms with E-state index in [9.17, 15) is 4.79 Å². The number of nitrogens with zero attached hydrogens (tertiary/aromatic N) is 2. The summed E-state index contributed by atoms with van der Waals surface area (Å²) >= 11 is 0. The van der Waals surface area contributed by atoms with Gasteiger partial charge in [0, 0.05) is 17.5 Å². The summed E-state index contributed by atoms with van der Waals surface area (Å²) in [6, 6.07) is 3.84. The Hall–Kier alpha value is -2.23. The van der Waals surface area contributed by atoms with Crippen LogP contribution in [0.2, 0.25) is 0 Å². The Bertz CT molecular complexity index is 640. The van der Waals surface area contributed by atoms with Crippen LogP contribution in [0.4, 0.5) is 0 Å². The van der Waals surface area contributed by atoms with Gasteiger partial charge in [0.25, 0.3) is 0 Å². The minimum Gasteiger partial charge on any atom is -0.348 e. The van der Waals surface area contributed by atoms with Crippen LogP contribution in [0.5, 0.6) is 0 Å². The SMILES string of the molecule is Cc1[nH]cnc1/C=C1\CCc2cccnc2C1=O. The molecule has 2 aromatic heterocycles. The van der Waals surface area contributed by atoms with E-state index in [4.69, 9.17) is 0 Å². The van der Waals surface area contributed by atoms with Crippen LogP contribution in [0, 0.1) is 6.92 Å². The van der Waals surface area contributed by atoms with Gasteiger partial charge >= 0.3 is 0 Å². The highest BCUT2D eigenvalue weighted by Gasteiger charge is 2.23. The number of Topliss-reactive ketones (excluding diaryl/α,β-unsaturated/α-hetero) is 1. The van der Waals surface area contributed by atoms with Gasteiger partial charge in [0.1, 0.15) is 5.69 Å². The molecule has 2 aromatic rings. The van der Waals surface area contributed by atoms with Crippen molar-refractivity contribution in [2.24, 2.45) is 0 Å². The maximum atomic E-state index is 12.3. The highest BCUT2D eigenvalue weighted by molar-refractivity contribution is 6.11. The summed E-state index contributed by atoms with van der Waals surface area (Å²) in [7, 11) is 0. The molecule has 0 amide bonds. The maximum Gasteiger partial charge on any atom is 0.207 e. The number of rotatable bonds is 1. The number of ketones is 1. The van der Waals surface area contributed by atoms with Crippen molar-refractivity contribution >= 4 is 11.9 Å². The molecule has 2 heterocycles. The molecule has 0 bridgehead atoms. The molecule has 0 fully saturated rings. The zero-order valence-electron chi connectivity index (χ0n) is 10.1. The molecule has 0 aliphatic heterocycles. The number of allylic oxidation sites excluding steroid dienone is 1. The third-order valence-electron chi connectivity index (χ3n) is 3.24. The van der Waals surface area contributed by atoms with Gasteiger partial charge in [0.05, 0.1) is 12.0 Å². The van der Waals surface area contributed by atoms with Crippen molar-refractivity contribution in [3.63, 3.8) is 0 Å². The van der Waals surface area contributed by atoms with E-state index in [1.165, 1.54) is 0 Å².